The Bertz CT molecular complexity index is 456. The average Bonchev–Trinajstić information content (AvgIpc) is 2.59. The first-order valence-electron chi connectivity index (χ1n) is 8.61. The molecule has 0 aromatic heterocycles. The van der Waals surface area contributed by atoms with Crippen molar-refractivity contribution in [2.24, 2.45) is 5.92 Å². The highest BCUT2D eigenvalue weighted by Gasteiger charge is 2.13. The quantitative estimate of drug-likeness (QED) is 0.686. The van der Waals surface area contributed by atoms with E-state index in [1.165, 1.54) is 12.8 Å². The number of nitrogens with one attached hydrogen (secondary N) is 2. The van der Waals surface area contributed by atoms with Gasteiger partial charge in [0.15, 0.2) is 0 Å². The maximum Gasteiger partial charge on any atom is 0.220 e. The van der Waals surface area contributed by atoms with Crippen molar-refractivity contribution in [2.45, 2.75) is 32.6 Å². The molecule has 2 rings (SSSR count). The molecule has 1 unspecified atom stereocenters. The first-order chi connectivity index (χ1) is 11.3. The molecule has 0 spiro atoms. The van der Waals surface area contributed by atoms with Crippen molar-refractivity contribution >= 4 is 5.91 Å². The first-order valence-corrected chi connectivity index (χ1v) is 8.61. The number of carbonyl (C=O) groups excluding carboxylic acids is 1. The standard InChI is InChI=1S/C18H28N2O3/c1-2-22-16-7-9-17(10-8-16)23-12-4-6-18(21)20-14-15-5-3-11-19-13-15/h7-10,15,19H,2-6,11-14H2,1H3,(H,20,21). The molecule has 1 amide bonds. The van der Waals surface area contributed by atoms with Gasteiger partial charge in [-0.15, -0.1) is 0 Å². The highest BCUT2D eigenvalue weighted by atomic mass is 16.5. The van der Waals surface area contributed by atoms with E-state index in [1.807, 2.05) is 31.2 Å². The number of piperidine rings is 1. The van der Waals surface area contributed by atoms with Gasteiger partial charge in [0.25, 0.3) is 0 Å². The van der Waals surface area contributed by atoms with Crippen LogP contribution in [0.25, 0.3) is 0 Å². The van der Waals surface area contributed by atoms with Gasteiger partial charge in [0, 0.05) is 13.0 Å². The summed E-state index contributed by atoms with van der Waals surface area (Å²) in [7, 11) is 0. The van der Waals surface area contributed by atoms with Crippen LogP contribution in [0.1, 0.15) is 32.6 Å². The van der Waals surface area contributed by atoms with Crippen LogP contribution in [0.15, 0.2) is 24.3 Å². The van der Waals surface area contributed by atoms with Gasteiger partial charge in [-0.05, 0) is 69.5 Å². The van der Waals surface area contributed by atoms with E-state index in [1.54, 1.807) is 0 Å². The Hall–Kier alpha value is -1.75. The van der Waals surface area contributed by atoms with Crippen molar-refractivity contribution in [3.8, 4) is 11.5 Å². The van der Waals surface area contributed by atoms with Gasteiger partial charge in [-0.1, -0.05) is 0 Å². The fourth-order valence-electron chi connectivity index (χ4n) is 2.67. The van der Waals surface area contributed by atoms with E-state index in [2.05, 4.69) is 10.6 Å². The molecule has 1 aromatic carbocycles. The normalized spacial score (nSPS) is 17.5. The van der Waals surface area contributed by atoms with Crippen molar-refractivity contribution in [3.05, 3.63) is 24.3 Å². The Balaban J connectivity index is 1.54. The lowest BCUT2D eigenvalue weighted by molar-refractivity contribution is -0.121. The molecular formula is C18H28N2O3. The minimum Gasteiger partial charge on any atom is -0.494 e. The monoisotopic (exact) mass is 320 g/mol. The first kappa shape index (κ1) is 17.6. The molecule has 1 heterocycles. The maximum absolute atomic E-state index is 11.8. The number of hydrogen-bond acceptors (Lipinski definition) is 4. The summed E-state index contributed by atoms with van der Waals surface area (Å²) >= 11 is 0. The molecule has 0 radical (unpaired) electrons. The number of rotatable bonds is 9. The van der Waals surface area contributed by atoms with Crippen LogP contribution in [0.5, 0.6) is 11.5 Å². The molecule has 23 heavy (non-hydrogen) atoms. The topological polar surface area (TPSA) is 59.6 Å². The third-order valence-corrected chi connectivity index (χ3v) is 3.94. The highest BCUT2D eigenvalue weighted by Crippen LogP contribution is 2.17. The molecule has 5 heteroatoms. The number of hydrogen-bond donors (Lipinski definition) is 2. The van der Waals surface area contributed by atoms with Crippen LogP contribution in [-0.2, 0) is 4.79 Å². The van der Waals surface area contributed by atoms with E-state index < -0.39 is 0 Å². The van der Waals surface area contributed by atoms with E-state index in [-0.39, 0.29) is 5.91 Å². The lowest BCUT2D eigenvalue weighted by Gasteiger charge is -2.22. The van der Waals surface area contributed by atoms with E-state index in [0.29, 0.717) is 25.6 Å². The number of benzene rings is 1. The van der Waals surface area contributed by atoms with E-state index >= 15 is 0 Å². The van der Waals surface area contributed by atoms with E-state index in [9.17, 15) is 4.79 Å². The molecular weight excluding hydrogens is 292 g/mol. The molecule has 1 aromatic rings. The van der Waals surface area contributed by atoms with Gasteiger partial charge >= 0.3 is 0 Å². The summed E-state index contributed by atoms with van der Waals surface area (Å²) in [6.45, 7) is 6.07. The summed E-state index contributed by atoms with van der Waals surface area (Å²) in [6, 6.07) is 7.57. The fraction of sp³-hybridized carbons (Fsp3) is 0.611. The molecule has 1 atom stereocenters. The largest absolute Gasteiger partial charge is 0.494 e. The molecule has 2 N–H and O–H groups in total. The minimum atomic E-state index is 0.117. The Kier molecular flexibility index (Phi) is 7.73. The summed E-state index contributed by atoms with van der Waals surface area (Å²) in [5.74, 6) is 2.34. The molecule has 1 aliphatic heterocycles. The van der Waals surface area contributed by atoms with Crippen LogP contribution < -0.4 is 20.1 Å². The van der Waals surface area contributed by atoms with Crippen LogP contribution >= 0.6 is 0 Å². The van der Waals surface area contributed by atoms with Gasteiger partial charge in [-0.2, -0.15) is 0 Å². The zero-order valence-corrected chi connectivity index (χ0v) is 14.0. The van der Waals surface area contributed by atoms with Gasteiger partial charge in [-0.25, -0.2) is 0 Å². The Morgan fingerprint density at radius 2 is 2.00 bits per heavy atom. The van der Waals surface area contributed by atoms with Crippen LogP contribution in [0, 0.1) is 5.92 Å². The highest BCUT2D eigenvalue weighted by molar-refractivity contribution is 5.75. The average molecular weight is 320 g/mol. The Morgan fingerprint density at radius 1 is 1.26 bits per heavy atom. The molecule has 1 saturated heterocycles. The lowest BCUT2D eigenvalue weighted by Crippen LogP contribution is -2.38. The van der Waals surface area contributed by atoms with Gasteiger partial charge in [0.2, 0.25) is 5.91 Å². The second-order valence-electron chi connectivity index (χ2n) is 5.87. The van der Waals surface area contributed by atoms with Crippen molar-refractivity contribution in [1.29, 1.82) is 0 Å². The fourth-order valence-corrected chi connectivity index (χ4v) is 2.67. The second-order valence-corrected chi connectivity index (χ2v) is 5.87. The summed E-state index contributed by atoms with van der Waals surface area (Å²) in [6.07, 6.45) is 3.64. The predicted octanol–water partition coefficient (Wildman–Crippen LogP) is 2.36. The molecule has 0 bridgehead atoms. The molecule has 1 fully saturated rings. The van der Waals surface area contributed by atoms with Gasteiger partial charge in [-0.3, -0.25) is 4.79 Å². The van der Waals surface area contributed by atoms with Crippen molar-refractivity contribution in [1.82, 2.24) is 10.6 Å². The molecule has 1 aliphatic rings. The molecule has 0 aliphatic carbocycles. The number of ether oxygens (including phenoxy) is 2. The zero-order chi connectivity index (χ0) is 16.3. The summed E-state index contributed by atoms with van der Waals surface area (Å²) < 4.78 is 11.0. The van der Waals surface area contributed by atoms with Crippen molar-refractivity contribution in [2.75, 3.05) is 32.8 Å². The van der Waals surface area contributed by atoms with Crippen LogP contribution in [0.2, 0.25) is 0 Å². The summed E-state index contributed by atoms with van der Waals surface area (Å²) in [5.41, 5.74) is 0. The predicted molar refractivity (Wildman–Crippen MR) is 90.9 cm³/mol. The van der Waals surface area contributed by atoms with Crippen LogP contribution in [0.4, 0.5) is 0 Å². The lowest BCUT2D eigenvalue weighted by atomic mass is 10.00. The SMILES string of the molecule is CCOc1ccc(OCCCC(=O)NCC2CCCNC2)cc1. The number of amides is 1. The van der Waals surface area contributed by atoms with Crippen LogP contribution in [-0.4, -0.2) is 38.8 Å². The minimum absolute atomic E-state index is 0.117. The van der Waals surface area contributed by atoms with Crippen molar-refractivity contribution in [3.63, 3.8) is 0 Å². The summed E-state index contributed by atoms with van der Waals surface area (Å²) in [5, 5.41) is 6.38. The summed E-state index contributed by atoms with van der Waals surface area (Å²) in [4.78, 5) is 11.8. The smallest absolute Gasteiger partial charge is 0.220 e. The van der Waals surface area contributed by atoms with E-state index in [4.69, 9.17) is 9.47 Å². The molecule has 0 saturated carbocycles. The Labute approximate surface area is 138 Å². The molecule has 128 valence electrons. The maximum atomic E-state index is 11.8. The second kappa shape index (κ2) is 10.1. The van der Waals surface area contributed by atoms with E-state index in [0.717, 1.165) is 37.6 Å². The van der Waals surface area contributed by atoms with Gasteiger partial charge < -0.3 is 20.1 Å². The van der Waals surface area contributed by atoms with Gasteiger partial charge in [0.05, 0.1) is 13.2 Å². The molecule has 5 nitrogen and oxygen atoms in total. The van der Waals surface area contributed by atoms with Crippen LogP contribution in [0.3, 0.4) is 0 Å². The zero-order valence-electron chi connectivity index (χ0n) is 14.0. The number of carbonyl (C=O) groups is 1. The Morgan fingerprint density at radius 3 is 2.65 bits per heavy atom. The third-order valence-electron chi connectivity index (χ3n) is 3.94. The third kappa shape index (κ3) is 6.91. The van der Waals surface area contributed by atoms with Crippen molar-refractivity contribution < 1.29 is 14.3 Å². The van der Waals surface area contributed by atoms with Gasteiger partial charge in [0.1, 0.15) is 11.5 Å².